The smallest absolute Gasteiger partial charge is 0.290 e. The molecule has 0 bridgehead atoms. The van der Waals surface area contributed by atoms with E-state index in [0.29, 0.717) is 57.7 Å². The SMILES string of the molecule is N#Cc1cncc(-c2cn(Cc3ccc(C(=O)N4CCCC4C(=O)Nc4ccc(Cl)cc4Cl)o3)nn2)c1. The summed E-state index contributed by atoms with van der Waals surface area (Å²) in [6, 6.07) is 11.1. The van der Waals surface area contributed by atoms with Crippen LogP contribution in [-0.4, -0.2) is 49.3 Å². The molecule has 1 aromatic carbocycles. The summed E-state index contributed by atoms with van der Waals surface area (Å²) in [5, 5.41) is 20.8. The Morgan fingerprint density at radius 3 is 2.86 bits per heavy atom. The second-order valence-electron chi connectivity index (χ2n) is 8.41. The molecule has 0 radical (unpaired) electrons. The number of halogens is 2. The van der Waals surface area contributed by atoms with Crippen LogP contribution in [0.25, 0.3) is 11.3 Å². The summed E-state index contributed by atoms with van der Waals surface area (Å²) in [4.78, 5) is 31.7. The lowest BCUT2D eigenvalue weighted by atomic mass is 10.2. The number of likely N-dealkylation sites (tertiary alicyclic amines) is 1. The minimum absolute atomic E-state index is 0.130. The number of hydrogen-bond acceptors (Lipinski definition) is 7. The molecule has 1 fully saturated rings. The van der Waals surface area contributed by atoms with Gasteiger partial charge in [0.25, 0.3) is 5.91 Å². The molecule has 1 aliphatic heterocycles. The van der Waals surface area contributed by atoms with Crippen molar-refractivity contribution in [1.29, 1.82) is 5.26 Å². The van der Waals surface area contributed by atoms with Crippen molar-refractivity contribution in [2.24, 2.45) is 0 Å². The van der Waals surface area contributed by atoms with Crippen LogP contribution in [0, 0.1) is 11.3 Å². The van der Waals surface area contributed by atoms with Crippen LogP contribution < -0.4 is 5.32 Å². The summed E-state index contributed by atoms with van der Waals surface area (Å²) >= 11 is 12.1. The number of benzene rings is 1. The van der Waals surface area contributed by atoms with Gasteiger partial charge in [-0.2, -0.15) is 5.26 Å². The van der Waals surface area contributed by atoms with Crippen LogP contribution in [0.3, 0.4) is 0 Å². The van der Waals surface area contributed by atoms with Gasteiger partial charge in [0.15, 0.2) is 5.76 Å². The Hall–Kier alpha value is -4.20. The molecule has 2 amide bonds. The minimum atomic E-state index is -0.650. The zero-order valence-electron chi connectivity index (χ0n) is 19.3. The van der Waals surface area contributed by atoms with Crippen molar-refractivity contribution in [3.05, 3.63) is 82.1 Å². The molecule has 1 N–H and O–H groups in total. The molecule has 1 saturated heterocycles. The van der Waals surface area contributed by atoms with Crippen LogP contribution in [0.15, 0.2) is 59.4 Å². The maximum Gasteiger partial charge on any atom is 0.290 e. The van der Waals surface area contributed by atoms with Crippen molar-refractivity contribution in [3.63, 3.8) is 0 Å². The number of aromatic nitrogens is 4. The molecule has 0 saturated carbocycles. The highest BCUT2D eigenvalue weighted by molar-refractivity contribution is 6.36. The first-order valence-corrected chi connectivity index (χ1v) is 12.1. The lowest BCUT2D eigenvalue weighted by Crippen LogP contribution is -2.43. The molecule has 1 unspecified atom stereocenters. The molecule has 3 aromatic heterocycles. The van der Waals surface area contributed by atoms with Gasteiger partial charge < -0.3 is 14.6 Å². The molecule has 10 nitrogen and oxygen atoms in total. The molecule has 1 atom stereocenters. The number of hydrogen-bond donors (Lipinski definition) is 1. The molecule has 186 valence electrons. The molecule has 0 aliphatic carbocycles. The van der Waals surface area contributed by atoms with Crippen LogP contribution in [0.1, 0.15) is 34.7 Å². The molecule has 0 spiro atoms. The predicted octanol–water partition coefficient (Wildman–Crippen LogP) is 4.40. The van der Waals surface area contributed by atoms with Gasteiger partial charge in [-0.1, -0.05) is 28.4 Å². The molecule has 5 rings (SSSR count). The topological polar surface area (TPSA) is 130 Å². The Morgan fingerprint density at radius 1 is 1.19 bits per heavy atom. The fourth-order valence-corrected chi connectivity index (χ4v) is 4.57. The second-order valence-corrected chi connectivity index (χ2v) is 9.26. The Labute approximate surface area is 221 Å². The van der Waals surface area contributed by atoms with Crippen molar-refractivity contribution in [3.8, 4) is 17.3 Å². The highest BCUT2D eigenvalue weighted by Crippen LogP contribution is 2.28. The number of rotatable bonds is 6. The van der Waals surface area contributed by atoms with Crippen molar-refractivity contribution in [1.82, 2.24) is 24.9 Å². The quantitative estimate of drug-likeness (QED) is 0.387. The van der Waals surface area contributed by atoms with Crippen LogP contribution in [-0.2, 0) is 11.3 Å². The van der Waals surface area contributed by atoms with Crippen molar-refractivity contribution >= 4 is 40.7 Å². The number of furan rings is 1. The van der Waals surface area contributed by atoms with E-state index in [-0.39, 0.29) is 24.1 Å². The van der Waals surface area contributed by atoms with Gasteiger partial charge in [0.2, 0.25) is 5.91 Å². The second kappa shape index (κ2) is 10.4. The largest absolute Gasteiger partial charge is 0.454 e. The first-order chi connectivity index (χ1) is 17.9. The fourth-order valence-electron chi connectivity index (χ4n) is 4.12. The number of nitriles is 1. The van der Waals surface area contributed by atoms with Gasteiger partial charge >= 0.3 is 0 Å². The van der Waals surface area contributed by atoms with Gasteiger partial charge in [-0.3, -0.25) is 14.6 Å². The number of nitrogens with one attached hydrogen (secondary N) is 1. The van der Waals surface area contributed by atoms with E-state index < -0.39 is 6.04 Å². The number of anilines is 1. The maximum absolute atomic E-state index is 13.2. The zero-order valence-corrected chi connectivity index (χ0v) is 20.8. The van der Waals surface area contributed by atoms with Gasteiger partial charge in [-0.25, -0.2) is 4.68 Å². The fraction of sp³-hybridized carbons (Fsp3) is 0.200. The average Bonchev–Trinajstić information content (AvgIpc) is 3.67. The maximum atomic E-state index is 13.2. The lowest BCUT2D eigenvalue weighted by Gasteiger charge is -2.23. The van der Waals surface area contributed by atoms with E-state index in [4.69, 9.17) is 32.9 Å². The van der Waals surface area contributed by atoms with Gasteiger partial charge in [0.1, 0.15) is 30.1 Å². The molecule has 1 aliphatic rings. The van der Waals surface area contributed by atoms with Crippen LogP contribution >= 0.6 is 23.2 Å². The lowest BCUT2D eigenvalue weighted by molar-refractivity contribution is -0.119. The van der Waals surface area contributed by atoms with E-state index in [0.717, 1.165) is 0 Å². The summed E-state index contributed by atoms with van der Waals surface area (Å²) in [6.45, 7) is 0.675. The van der Waals surface area contributed by atoms with E-state index in [1.807, 2.05) is 6.07 Å². The summed E-state index contributed by atoms with van der Waals surface area (Å²) in [6.07, 6.45) is 5.99. The Kier molecular flexibility index (Phi) is 6.90. The molecule has 37 heavy (non-hydrogen) atoms. The molecule has 4 heterocycles. The highest BCUT2D eigenvalue weighted by Gasteiger charge is 2.36. The van der Waals surface area contributed by atoms with E-state index in [1.165, 1.54) is 11.1 Å². The van der Waals surface area contributed by atoms with Crippen molar-refractivity contribution in [2.75, 3.05) is 11.9 Å². The third kappa shape index (κ3) is 5.33. The minimum Gasteiger partial charge on any atom is -0.454 e. The average molecular weight is 536 g/mol. The van der Waals surface area contributed by atoms with E-state index >= 15 is 0 Å². The number of carbonyl (C=O) groups is 2. The van der Waals surface area contributed by atoms with Gasteiger partial charge in [-0.05, 0) is 49.2 Å². The van der Waals surface area contributed by atoms with Crippen molar-refractivity contribution in [2.45, 2.75) is 25.4 Å². The zero-order chi connectivity index (χ0) is 25.9. The van der Waals surface area contributed by atoms with E-state index in [1.54, 1.807) is 53.5 Å². The summed E-state index contributed by atoms with van der Waals surface area (Å²) in [7, 11) is 0. The number of pyridine rings is 1. The molecule has 4 aromatic rings. The third-order valence-electron chi connectivity index (χ3n) is 5.90. The Bertz CT molecular complexity index is 1520. The van der Waals surface area contributed by atoms with Crippen LogP contribution in [0.5, 0.6) is 0 Å². The number of amides is 2. The molecule has 12 heteroatoms. The summed E-state index contributed by atoms with van der Waals surface area (Å²) in [5.41, 5.74) is 2.07. The van der Waals surface area contributed by atoms with Crippen LogP contribution in [0.4, 0.5) is 5.69 Å². The van der Waals surface area contributed by atoms with E-state index in [9.17, 15) is 9.59 Å². The number of carbonyl (C=O) groups excluding carboxylic acids is 2. The van der Waals surface area contributed by atoms with Gasteiger partial charge in [0.05, 0.1) is 22.5 Å². The van der Waals surface area contributed by atoms with Crippen molar-refractivity contribution < 1.29 is 14.0 Å². The third-order valence-corrected chi connectivity index (χ3v) is 6.45. The Morgan fingerprint density at radius 2 is 2.05 bits per heavy atom. The first kappa shape index (κ1) is 24.5. The summed E-state index contributed by atoms with van der Waals surface area (Å²) < 4.78 is 7.35. The monoisotopic (exact) mass is 535 g/mol. The predicted molar refractivity (Wildman–Crippen MR) is 135 cm³/mol. The highest BCUT2D eigenvalue weighted by atomic mass is 35.5. The Balaban J connectivity index is 1.25. The standard InChI is InChI=1S/C25H19Cl2N7O3/c26-17-3-5-20(19(27)9-17)30-24(35)22-2-1-7-34(22)25(36)23-6-4-18(37-23)13-33-14-21(31-32-33)16-8-15(10-28)11-29-12-16/h3-6,8-9,11-12,14,22H,1-2,7,13H2,(H,30,35). The first-order valence-electron chi connectivity index (χ1n) is 11.3. The van der Waals surface area contributed by atoms with E-state index in [2.05, 4.69) is 20.6 Å². The normalized spacial score (nSPS) is 14.9. The molecular formula is C25H19Cl2N7O3. The number of nitrogens with zero attached hydrogens (tertiary/aromatic N) is 6. The van der Waals surface area contributed by atoms with Gasteiger partial charge in [-0.15, -0.1) is 5.10 Å². The van der Waals surface area contributed by atoms with Crippen LogP contribution in [0.2, 0.25) is 10.0 Å². The molecular weight excluding hydrogens is 517 g/mol. The van der Waals surface area contributed by atoms with Gasteiger partial charge in [0, 0.05) is 29.5 Å². The summed E-state index contributed by atoms with van der Waals surface area (Å²) in [5.74, 6) is -0.0703.